The first-order chi connectivity index (χ1) is 15.5. The van der Waals surface area contributed by atoms with Crippen molar-refractivity contribution in [1.29, 1.82) is 0 Å². The molecular formula is C17H19N5O9S3. The molecule has 0 amide bonds. The largest absolute Gasteiger partial charge is 0.398 e. The van der Waals surface area contributed by atoms with Crippen molar-refractivity contribution in [2.24, 2.45) is 0 Å². The first kappa shape index (κ1) is 25.4. The third-order valence-electron chi connectivity index (χ3n) is 4.68. The summed E-state index contributed by atoms with van der Waals surface area (Å²) in [5.74, 6) is 0.699. The molecule has 0 radical (unpaired) electrons. The Balaban J connectivity index is 0.000000197. The van der Waals surface area contributed by atoms with Crippen molar-refractivity contribution in [2.45, 2.75) is 28.2 Å². The number of anilines is 4. The lowest BCUT2D eigenvalue weighted by Crippen LogP contribution is -2.15. The van der Waals surface area contributed by atoms with E-state index in [4.69, 9.17) is 25.1 Å². The van der Waals surface area contributed by atoms with E-state index in [0.29, 0.717) is 23.7 Å². The Hall–Kier alpha value is -3.22. The van der Waals surface area contributed by atoms with Crippen LogP contribution >= 0.6 is 0 Å². The van der Waals surface area contributed by atoms with Crippen LogP contribution in [0, 0.1) is 6.92 Å². The van der Waals surface area contributed by atoms with Gasteiger partial charge in [-0.25, -0.2) is 4.68 Å². The second-order valence-corrected chi connectivity index (χ2v) is 11.3. The van der Waals surface area contributed by atoms with Crippen molar-refractivity contribution in [3.8, 4) is 0 Å². The minimum Gasteiger partial charge on any atom is -0.398 e. The van der Waals surface area contributed by atoms with Crippen LogP contribution in [0.3, 0.4) is 0 Å². The fraction of sp³-hybridized carbons (Fsp3) is 0.118. The van der Waals surface area contributed by atoms with Gasteiger partial charge in [-0.05, 0) is 48.9 Å². The van der Waals surface area contributed by atoms with Crippen molar-refractivity contribution in [3.63, 3.8) is 0 Å². The molecule has 17 heteroatoms. The summed E-state index contributed by atoms with van der Waals surface area (Å²) in [6.07, 6.45) is 0. The molecule has 1 aliphatic rings. The van der Waals surface area contributed by atoms with Gasteiger partial charge in [-0.2, -0.15) is 30.4 Å². The van der Waals surface area contributed by atoms with Gasteiger partial charge in [0.1, 0.15) is 4.90 Å². The molecule has 8 N–H and O–H groups in total. The first-order valence-electron chi connectivity index (χ1n) is 9.03. The van der Waals surface area contributed by atoms with Gasteiger partial charge in [0.15, 0.2) is 5.82 Å². The molecule has 184 valence electrons. The summed E-state index contributed by atoms with van der Waals surface area (Å²) in [6.45, 7) is 2.20. The molecule has 2 heterocycles. The number of rotatable bonds is 3. The van der Waals surface area contributed by atoms with Crippen molar-refractivity contribution in [1.82, 2.24) is 9.78 Å². The van der Waals surface area contributed by atoms with E-state index in [0.717, 1.165) is 29.4 Å². The van der Waals surface area contributed by atoms with Crippen molar-refractivity contribution in [2.75, 3.05) is 16.8 Å². The van der Waals surface area contributed by atoms with Crippen molar-refractivity contribution >= 4 is 53.2 Å². The monoisotopic (exact) mass is 533 g/mol. The molecule has 0 spiro atoms. The smallest absolute Gasteiger partial charge is 0.296 e. The Kier molecular flexibility index (Phi) is 6.37. The number of nitrogen functional groups attached to an aromatic ring is 2. The molecule has 1 aromatic heterocycles. The maximum atomic E-state index is 11.1. The summed E-state index contributed by atoms with van der Waals surface area (Å²) in [5, 5.41) is 7.37. The van der Waals surface area contributed by atoms with E-state index in [2.05, 4.69) is 10.4 Å². The van der Waals surface area contributed by atoms with Crippen LogP contribution in [-0.2, 0) is 36.9 Å². The van der Waals surface area contributed by atoms with Crippen LogP contribution in [0.4, 0.5) is 22.9 Å². The number of nitrogens with two attached hydrogens (primary N) is 2. The Morgan fingerprint density at radius 2 is 1.44 bits per heavy atom. The molecule has 3 aromatic rings. The van der Waals surface area contributed by atoms with Crippen LogP contribution in [0.1, 0.15) is 11.3 Å². The highest BCUT2D eigenvalue weighted by atomic mass is 32.2. The molecular weight excluding hydrogens is 514 g/mol. The number of nitrogens with zero attached hydrogens (tertiary/aromatic N) is 2. The van der Waals surface area contributed by atoms with Gasteiger partial charge in [0.2, 0.25) is 0 Å². The zero-order valence-corrected chi connectivity index (χ0v) is 19.7. The zero-order chi connectivity index (χ0) is 25.6. The van der Waals surface area contributed by atoms with E-state index in [9.17, 15) is 25.3 Å². The lowest BCUT2D eigenvalue weighted by molar-refractivity contribution is 0.479. The molecule has 0 bridgehead atoms. The third kappa shape index (κ3) is 5.29. The minimum absolute atomic E-state index is 0.131. The molecule has 1 aliphatic heterocycles. The number of hydrogen-bond donors (Lipinski definition) is 6. The van der Waals surface area contributed by atoms with E-state index in [-0.39, 0.29) is 4.90 Å². The SMILES string of the molecule is Cc1nn2c(c1N)Nc1ccc(S(=O)(=O)O)cc1C2.Nc1cc(S(=O)(=O)O)ccc1S(=O)(=O)O. The average Bonchev–Trinajstić information content (AvgIpc) is 2.97. The summed E-state index contributed by atoms with van der Waals surface area (Å²) in [4.78, 5) is -1.30. The number of nitrogens with one attached hydrogen (secondary N) is 1. The first-order valence-corrected chi connectivity index (χ1v) is 13.4. The normalized spacial score (nSPS) is 13.2. The van der Waals surface area contributed by atoms with Gasteiger partial charge < -0.3 is 16.8 Å². The van der Waals surface area contributed by atoms with Crippen LogP contribution < -0.4 is 16.8 Å². The number of fused-ring (bicyclic) bond motifs is 2. The molecule has 0 saturated heterocycles. The molecule has 0 unspecified atom stereocenters. The maximum absolute atomic E-state index is 11.1. The van der Waals surface area contributed by atoms with Crippen molar-refractivity contribution in [3.05, 3.63) is 47.7 Å². The zero-order valence-electron chi connectivity index (χ0n) is 17.2. The summed E-state index contributed by atoms with van der Waals surface area (Å²) in [6, 6.07) is 6.70. The average molecular weight is 534 g/mol. The topological polar surface area (TPSA) is 245 Å². The number of aromatic nitrogens is 2. The Labute approximate surface area is 194 Å². The standard InChI is InChI=1S/C11H12N4O3S.C6H7NO6S2/c1-6-10(12)11-13-9-3-2-8(19(16,17)18)4-7(9)5-15(11)14-6;7-5-3-4(14(8,9)10)1-2-6(5)15(11,12)13/h2-4,13H,5,12H2,1H3,(H,16,17,18);1-3H,7H2,(H,8,9,10)(H,11,12,13). The summed E-state index contributed by atoms with van der Waals surface area (Å²) < 4.78 is 92.8. The highest BCUT2D eigenvalue weighted by Gasteiger charge is 2.22. The molecule has 4 rings (SSSR count). The minimum atomic E-state index is -4.50. The second-order valence-electron chi connectivity index (χ2n) is 7.07. The summed E-state index contributed by atoms with van der Waals surface area (Å²) in [5.41, 5.74) is 13.4. The van der Waals surface area contributed by atoms with Crippen LogP contribution in [0.25, 0.3) is 0 Å². The van der Waals surface area contributed by atoms with E-state index in [1.54, 1.807) is 17.7 Å². The van der Waals surface area contributed by atoms with Crippen molar-refractivity contribution < 1.29 is 38.9 Å². The molecule has 0 atom stereocenters. The van der Waals surface area contributed by atoms with Gasteiger partial charge in [-0.1, -0.05) is 0 Å². The Bertz CT molecular complexity index is 1610. The third-order valence-corrected chi connectivity index (χ3v) is 7.31. The van der Waals surface area contributed by atoms with E-state index in [1.165, 1.54) is 12.1 Å². The van der Waals surface area contributed by atoms with Gasteiger partial charge in [0.25, 0.3) is 30.4 Å². The van der Waals surface area contributed by atoms with Crippen LogP contribution in [0.2, 0.25) is 0 Å². The Morgan fingerprint density at radius 3 is 1.97 bits per heavy atom. The highest BCUT2D eigenvalue weighted by molar-refractivity contribution is 7.86. The Morgan fingerprint density at radius 1 is 0.882 bits per heavy atom. The molecule has 14 nitrogen and oxygen atoms in total. The lowest BCUT2D eigenvalue weighted by Gasteiger charge is -2.20. The number of hydrogen-bond acceptors (Lipinski definition) is 10. The van der Waals surface area contributed by atoms with E-state index >= 15 is 0 Å². The molecule has 34 heavy (non-hydrogen) atoms. The van der Waals surface area contributed by atoms with Gasteiger partial charge in [-0.15, -0.1) is 0 Å². The second kappa shape index (κ2) is 8.53. The quantitative estimate of drug-likeness (QED) is 0.158. The lowest BCUT2D eigenvalue weighted by atomic mass is 10.1. The van der Waals surface area contributed by atoms with Crippen LogP contribution in [0.5, 0.6) is 0 Å². The van der Waals surface area contributed by atoms with Gasteiger partial charge >= 0.3 is 0 Å². The number of aryl methyl sites for hydroxylation is 1. The van der Waals surface area contributed by atoms with Crippen LogP contribution in [-0.4, -0.2) is 48.7 Å². The molecule has 0 aliphatic carbocycles. The summed E-state index contributed by atoms with van der Waals surface area (Å²) in [7, 11) is -13.1. The predicted octanol–water partition coefficient (Wildman–Crippen LogP) is 0.888. The number of benzene rings is 2. The maximum Gasteiger partial charge on any atom is 0.296 e. The fourth-order valence-electron chi connectivity index (χ4n) is 3.04. The molecule has 2 aromatic carbocycles. The predicted molar refractivity (Wildman–Crippen MR) is 121 cm³/mol. The van der Waals surface area contributed by atoms with Gasteiger partial charge in [0.05, 0.1) is 33.4 Å². The van der Waals surface area contributed by atoms with E-state index in [1.807, 2.05) is 0 Å². The highest BCUT2D eigenvalue weighted by Crippen LogP contribution is 2.34. The van der Waals surface area contributed by atoms with Crippen LogP contribution in [0.15, 0.2) is 51.1 Å². The van der Waals surface area contributed by atoms with Gasteiger partial charge in [0, 0.05) is 5.69 Å². The van der Waals surface area contributed by atoms with Gasteiger partial charge in [-0.3, -0.25) is 13.7 Å². The molecule has 0 saturated carbocycles. The summed E-state index contributed by atoms with van der Waals surface area (Å²) >= 11 is 0. The van der Waals surface area contributed by atoms with E-state index < -0.39 is 45.8 Å². The molecule has 0 fully saturated rings. The fourth-order valence-corrected chi connectivity index (χ4v) is 4.68.